The minimum atomic E-state index is 0.838. The minimum absolute atomic E-state index is 0.838. The zero-order valence-corrected chi connectivity index (χ0v) is 11.3. The van der Waals surface area contributed by atoms with E-state index >= 15 is 0 Å². The molecule has 0 saturated heterocycles. The Morgan fingerprint density at radius 3 is 2.58 bits per heavy atom. The molecule has 1 aromatic carbocycles. The fraction of sp³-hybridized carbons (Fsp3) is 0.438. The summed E-state index contributed by atoms with van der Waals surface area (Å²) in [5, 5.41) is 0. The van der Waals surface area contributed by atoms with Gasteiger partial charge in [-0.05, 0) is 37.7 Å². The average molecular weight is 258 g/mol. The lowest BCUT2D eigenvalue weighted by Gasteiger charge is -2.04. The highest BCUT2D eigenvalue weighted by atomic mass is 16.5. The Kier molecular flexibility index (Phi) is 6.17. The number of hydrogen-bond donors (Lipinski definition) is 1. The lowest BCUT2D eigenvalue weighted by molar-refractivity contribution is 0.128. The fourth-order valence-electron chi connectivity index (χ4n) is 2.07. The molecule has 0 bridgehead atoms. The van der Waals surface area contributed by atoms with E-state index in [1.807, 2.05) is 6.20 Å². The van der Waals surface area contributed by atoms with Gasteiger partial charge in [0, 0.05) is 25.1 Å². The lowest BCUT2D eigenvalue weighted by atomic mass is 10.1. The van der Waals surface area contributed by atoms with Crippen LogP contribution in [-0.2, 0) is 17.6 Å². The molecule has 0 saturated carbocycles. The third-order valence-electron chi connectivity index (χ3n) is 3.14. The maximum absolute atomic E-state index is 5.64. The van der Waals surface area contributed by atoms with Crippen LogP contribution in [0.25, 0.3) is 0 Å². The summed E-state index contributed by atoms with van der Waals surface area (Å²) >= 11 is 0. The molecule has 1 aromatic heterocycles. The molecule has 0 atom stereocenters. The van der Waals surface area contributed by atoms with Crippen molar-refractivity contribution in [1.29, 1.82) is 0 Å². The molecular formula is C16H22N2O. The van der Waals surface area contributed by atoms with Crippen LogP contribution in [-0.4, -0.2) is 23.2 Å². The molecule has 2 rings (SSSR count). The van der Waals surface area contributed by atoms with Gasteiger partial charge >= 0.3 is 0 Å². The van der Waals surface area contributed by atoms with Crippen molar-refractivity contribution < 1.29 is 4.74 Å². The van der Waals surface area contributed by atoms with Gasteiger partial charge in [0.2, 0.25) is 0 Å². The SMILES string of the molecule is c1ccc(CCCCOCCCc2cnc[nH]2)cc1. The van der Waals surface area contributed by atoms with E-state index in [2.05, 4.69) is 40.3 Å². The van der Waals surface area contributed by atoms with Gasteiger partial charge in [0.1, 0.15) is 0 Å². The lowest BCUT2D eigenvalue weighted by Crippen LogP contribution is -1.99. The van der Waals surface area contributed by atoms with Crippen molar-refractivity contribution >= 4 is 0 Å². The summed E-state index contributed by atoms with van der Waals surface area (Å²) < 4.78 is 5.64. The molecule has 3 nitrogen and oxygen atoms in total. The summed E-state index contributed by atoms with van der Waals surface area (Å²) in [4.78, 5) is 7.09. The highest BCUT2D eigenvalue weighted by molar-refractivity contribution is 5.14. The quantitative estimate of drug-likeness (QED) is 0.700. The van der Waals surface area contributed by atoms with Crippen LogP contribution < -0.4 is 0 Å². The molecule has 0 amide bonds. The largest absolute Gasteiger partial charge is 0.381 e. The number of aromatic nitrogens is 2. The molecule has 0 aliphatic rings. The molecule has 0 fully saturated rings. The van der Waals surface area contributed by atoms with Crippen LogP contribution in [0.1, 0.15) is 30.5 Å². The number of aryl methyl sites for hydroxylation is 2. The van der Waals surface area contributed by atoms with Gasteiger partial charge in [0.05, 0.1) is 6.33 Å². The Hall–Kier alpha value is -1.61. The molecule has 0 aliphatic heterocycles. The van der Waals surface area contributed by atoms with E-state index < -0.39 is 0 Å². The summed E-state index contributed by atoms with van der Waals surface area (Å²) in [6, 6.07) is 10.6. The first-order chi connectivity index (χ1) is 9.45. The van der Waals surface area contributed by atoms with Crippen LogP contribution in [0.2, 0.25) is 0 Å². The molecule has 1 heterocycles. The van der Waals surface area contributed by atoms with Crippen molar-refractivity contribution in [2.45, 2.75) is 32.1 Å². The zero-order chi connectivity index (χ0) is 13.2. The van der Waals surface area contributed by atoms with Crippen molar-refractivity contribution in [3.8, 4) is 0 Å². The van der Waals surface area contributed by atoms with Gasteiger partial charge in [-0.2, -0.15) is 0 Å². The molecule has 0 aliphatic carbocycles. The van der Waals surface area contributed by atoms with Crippen LogP contribution in [0.15, 0.2) is 42.9 Å². The second-order valence-electron chi connectivity index (χ2n) is 4.74. The number of imidazole rings is 1. The van der Waals surface area contributed by atoms with Gasteiger partial charge in [0.15, 0.2) is 0 Å². The number of nitrogens with one attached hydrogen (secondary N) is 1. The predicted octanol–water partition coefficient (Wildman–Crippen LogP) is 3.38. The Bertz CT molecular complexity index is 425. The van der Waals surface area contributed by atoms with E-state index in [0.29, 0.717) is 0 Å². The number of aromatic amines is 1. The average Bonchev–Trinajstić information content (AvgIpc) is 2.96. The number of hydrogen-bond acceptors (Lipinski definition) is 2. The summed E-state index contributed by atoms with van der Waals surface area (Å²) in [5.74, 6) is 0. The van der Waals surface area contributed by atoms with Crippen molar-refractivity contribution in [2.75, 3.05) is 13.2 Å². The zero-order valence-electron chi connectivity index (χ0n) is 11.3. The molecule has 3 heteroatoms. The minimum Gasteiger partial charge on any atom is -0.381 e. The van der Waals surface area contributed by atoms with Crippen LogP contribution >= 0.6 is 0 Å². The summed E-state index contributed by atoms with van der Waals surface area (Å²) in [5.41, 5.74) is 2.61. The Labute approximate surface area is 115 Å². The Morgan fingerprint density at radius 2 is 1.79 bits per heavy atom. The third kappa shape index (κ3) is 5.71. The maximum Gasteiger partial charge on any atom is 0.0921 e. The van der Waals surface area contributed by atoms with Gasteiger partial charge < -0.3 is 9.72 Å². The van der Waals surface area contributed by atoms with Crippen LogP contribution in [0, 0.1) is 0 Å². The number of benzene rings is 1. The van der Waals surface area contributed by atoms with E-state index in [-0.39, 0.29) is 0 Å². The summed E-state index contributed by atoms with van der Waals surface area (Å²) in [7, 11) is 0. The fourth-order valence-corrected chi connectivity index (χ4v) is 2.07. The standard InChI is InChI=1S/C16H22N2O/c1-2-7-15(8-3-1)9-4-5-11-19-12-6-10-16-13-17-14-18-16/h1-3,7-8,13-14H,4-6,9-12H2,(H,17,18). The molecule has 0 spiro atoms. The van der Waals surface area contributed by atoms with Crippen molar-refractivity contribution in [2.24, 2.45) is 0 Å². The summed E-state index contributed by atoms with van der Waals surface area (Å²) in [6.45, 7) is 1.71. The monoisotopic (exact) mass is 258 g/mol. The first-order valence-electron chi connectivity index (χ1n) is 7.04. The third-order valence-corrected chi connectivity index (χ3v) is 3.14. The van der Waals surface area contributed by atoms with Gasteiger partial charge in [-0.3, -0.25) is 0 Å². The van der Waals surface area contributed by atoms with Crippen molar-refractivity contribution in [3.05, 3.63) is 54.1 Å². The van der Waals surface area contributed by atoms with Crippen LogP contribution in [0.4, 0.5) is 0 Å². The summed E-state index contributed by atoms with van der Waals surface area (Å²) in [6.07, 6.45) is 9.16. The number of nitrogens with zero attached hydrogens (tertiary/aromatic N) is 1. The predicted molar refractivity (Wildman–Crippen MR) is 77.1 cm³/mol. The van der Waals surface area contributed by atoms with E-state index in [1.165, 1.54) is 17.7 Å². The molecular weight excluding hydrogens is 236 g/mol. The van der Waals surface area contributed by atoms with Crippen LogP contribution in [0.5, 0.6) is 0 Å². The second-order valence-corrected chi connectivity index (χ2v) is 4.74. The first-order valence-corrected chi connectivity index (χ1v) is 7.04. The van der Waals surface area contributed by atoms with Crippen molar-refractivity contribution in [3.63, 3.8) is 0 Å². The van der Waals surface area contributed by atoms with E-state index in [1.54, 1.807) is 6.33 Å². The number of rotatable bonds is 9. The van der Waals surface area contributed by atoms with Gasteiger partial charge in [-0.1, -0.05) is 30.3 Å². The number of ether oxygens (including phenoxy) is 1. The molecule has 0 radical (unpaired) electrons. The Balaban J connectivity index is 1.42. The van der Waals surface area contributed by atoms with Gasteiger partial charge in [0.25, 0.3) is 0 Å². The van der Waals surface area contributed by atoms with Crippen molar-refractivity contribution in [1.82, 2.24) is 9.97 Å². The van der Waals surface area contributed by atoms with E-state index in [4.69, 9.17) is 4.74 Å². The van der Waals surface area contributed by atoms with Gasteiger partial charge in [-0.15, -0.1) is 0 Å². The normalized spacial score (nSPS) is 10.7. The maximum atomic E-state index is 5.64. The molecule has 102 valence electrons. The van der Waals surface area contributed by atoms with E-state index in [9.17, 15) is 0 Å². The highest BCUT2D eigenvalue weighted by Gasteiger charge is 1.95. The van der Waals surface area contributed by atoms with Gasteiger partial charge in [-0.25, -0.2) is 4.98 Å². The second kappa shape index (κ2) is 8.48. The molecule has 1 N–H and O–H groups in total. The molecule has 19 heavy (non-hydrogen) atoms. The van der Waals surface area contributed by atoms with E-state index in [0.717, 1.165) is 38.9 Å². The van der Waals surface area contributed by atoms with Crippen LogP contribution in [0.3, 0.4) is 0 Å². The first kappa shape index (κ1) is 13.8. The number of H-pyrrole nitrogens is 1. The molecule has 0 unspecified atom stereocenters. The topological polar surface area (TPSA) is 37.9 Å². The highest BCUT2D eigenvalue weighted by Crippen LogP contribution is 2.04. The molecule has 2 aromatic rings. The smallest absolute Gasteiger partial charge is 0.0921 e. The Morgan fingerprint density at radius 1 is 0.947 bits per heavy atom. The number of unbranched alkanes of at least 4 members (excludes halogenated alkanes) is 1.